The van der Waals surface area contributed by atoms with Crippen LogP contribution in [0.5, 0.6) is 0 Å². The van der Waals surface area contributed by atoms with E-state index in [-0.39, 0.29) is 34.1 Å². The molecule has 1 amide bonds. The van der Waals surface area contributed by atoms with E-state index in [0.717, 1.165) is 12.2 Å². The highest BCUT2D eigenvalue weighted by atomic mass is 32.2. The fraction of sp³-hybridized carbons (Fsp3) is 0.320. The Morgan fingerprint density at radius 3 is 2.53 bits per heavy atom. The van der Waals surface area contributed by atoms with E-state index in [1.165, 1.54) is 5.56 Å². The number of hydrogen-bond donors (Lipinski definition) is 0. The predicted octanol–water partition coefficient (Wildman–Crippen LogP) is 4.22. The molecule has 7 heteroatoms. The molecule has 4 rings (SSSR count). The molecule has 0 unspecified atom stereocenters. The second-order valence-electron chi connectivity index (χ2n) is 8.42. The fourth-order valence-electron chi connectivity index (χ4n) is 4.23. The average Bonchev–Trinajstić information content (AvgIpc) is 3.21. The minimum Gasteiger partial charge on any atom is -0.455 e. The summed E-state index contributed by atoms with van der Waals surface area (Å²) in [5.41, 5.74) is 3.05. The number of piperazine rings is 1. The molecule has 0 spiro atoms. The van der Waals surface area contributed by atoms with Crippen molar-refractivity contribution in [2.75, 3.05) is 24.5 Å². The number of benzene rings is 2. The molecule has 0 bridgehead atoms. The number of carbonyl (C=O) groups is 1. The highest BCUT2D eigenvalue weighted by Crippen LogP contribution is 2.24. The van der Waals surface area contributed by atoms with Crippen LogP contribution >= 0.6 is 0 Å². The summed E-state index contributed by atoms with van der Waals surface area (Å²) in [6, 6.07) is 18.5. The Labute approximate surface area is 189 Å². The second-order valence-corrected chi connectivity index (χ2v) is 10.4. The summed E-state index contributed by atoms with van der Waals surface area (Å²) in [4.78, 5) is 17.4. The van der Waals surface area contributed by atoms with Crippen molar-refractivity contribution in [1.82, 2.24) is 4.90 Å². The lowest BCUT2D eigenvalue weighted by Crippen LogP contribution is -2.53. The minimum atomic E-state index is -3.56. The van der Waals surface area contributed by atoms with E-state index in [2.05, 4.69) is 36.9 Å². The summed E-state index contributed by atoms with van der Waals surface area (Å²) < 4.78 is 31.2. The molecule has 2 aromatic carbocycles. The number of nitrogens with zero attached hydrogens (tertiary/aromatic N) is 2. The average molecular weight is 453 g/mol. The monoisotopic (exact) mass is 452 g/mol. The molecule has 1 aliphatic rings. The lowest BCUT2D eigenvalue weighted by molar-refractivity contribution is 0.0692. The maximum Gasteiger partial charge on any atom is 0.289 e. The van der Waals surface area contributed by atoms with Crippen LogP contribution in [0.2, 0.25) is 0 Å². The zero-order valence-corrected chi connectivity index (χ0v) is 19.4. The number of hydrogen-bond acceptors (Lipinski definition) is 5. The van der Waals surface area contributed by atoms with Gasteiger partial charge < -0.3 is 14.2 Å². The number of rotatable bonds is 5. The Bertz CT molecular complexity index is 1230. The second kappa shape index (κ2) is 8.82. The van der Waals surface area contributed by atoms with Gasteiger partial charge in [-0.3, -0.25) is 4.79 Å². The molecule has 0 radical (unpaired) electrons. The highest BCUT2D eigenvalue weighted by molar-refractivity contribution is 7.90. The molecule has 32 heavy (non-hydrogen) atoms. The van der Waals surface area contributed by atoms with Gasteiger partial charge in [0.05, 0.1) is 4.90 Å². The molecule has 3 aromatic rings. The van der Waals surface area contributed by atoms with E-state index in [1.807, 2.05) is 6.07 Å². The van der Waals surface area contributed by atoms with Crippen LogP contribution in [0.15, 0.2) is 70.0 Å². The topological polar surface area (TPSA) is 70.8 Å². The molecule has 1 aliphatic heterocycles. The number of carbonyl (C=O) groups excluding carboxylic acids is 1. The quantitative estimate of drug-likeness (QED) is 0.580. The molecule has 0 aliphatic carbocycles. The summed E-state index contributed by atoms with van der Waals surface area (Å²) in [6.07, 6.45) is 0. The highest BCUT2D eigenvalue weighted by Gasteiger charge is 2.29. The molecular weight excluding hydrogens is 424 g/mol. The summed E-state index contributed by atoms with van der Waals surface area (Å²) >= 11 is 0. The Hall–Kier alpha value is -3.06. The molecular formula is C25H28N2O4S. The van der Waals surface area contributed by atoms with Gasteiger partial charge >= 0.3 is 0 Å². The SMILES string of the molecule is Cc1cccc(N2CCN(C(=O)c3ccc(CS(=O)(=O)c4ccccc4C)o3)C[C@H]2C)c1. The maximum atomic E-state index is 13.0. The van der Waals surface area contributed by atoms with Gasteiger partial charge in [-0.1, -0.05) is 30.3 Å². The molecule has 2 heterocycles. The van der Waals surface area contributed by atoms with E-state index in [0.29, 0.717) is 18.7 Å². The minimum absolute atomic E-state index is 0.158. The lowest BCUT2D eigenvalue weighted by Gasteiger charge is -2.41. The van der Waals surface area contributed by atoms with Crippen molar-refractivity contribution in [1.29, 1.82) is 0 Å². The van der Waals surface area contributed by atoms with Gasteiger partial charge in [0.25, 0.3) is 5.91 Å². The number of amides is 1. The Balaban J connectivity index is 1.44. The third kappa shape index (κ3) is 4.58. The molecule has 168 valence electrons. The van der Waals surface area contributed by atoms with E-state index >= 15 is 0 Å². The van der Waals surface area contributed by atoms with Crippen molar-refractivity contribution in [2.24, 2.45) is 0 Å². The van der Waals surface area contributed by atoms with Crippen LogP contribution in [0.3, 0.4) is 0 Å². The van der Waals surface area contributed by atoms with Gasteiger partial charge in [-0.2, -0.15) is 0 Å². The van der Waals surface area contributed by atoms with Gasteiger partial charge in [0, 0.05) is 31.4 Å². The summed E-state index contributed by atoms with van der Waals surface area (Å²) in [5.74, 6) is -0.0395. The molecule has 0 N–H and O–H groups in total. The van der Waals surface area contributed by atoms with Gasteiger partial charge in [0.15, 0.2) is 15.6 Å². The van der Waals surface area contributed by atoms with Gasteiger partial charge in [0.1, 0.15) is 11.5 Å². The van der Waals surface area contributed by atoms with Crippen LogP contribution in [0.1, 0.15) is 34.4 Å². The summed E-state index contributed by atoms with van der Waals surface area (Å²) in [7, 11) is -3.56. The predicted molar refractivity (Wildman–Crippen MR) is 125 cm³/mol. The molecule has 0 saturated carbocycles. The first kappa shape index (κ1) is 22.1. The van der Waals surface area contributed by atoms with Crippen molar-refractivity contribution in [3.05, 3.63) is 83.3 Å². The zero-order valence-electron chi connectivity index (χ0n) is 18.6. The number of aryl methyl sites for hydroxylation is 2. The molecule has 1 saturated heterocycles. The Morgan fingerprint density at radius 1 is 1.03 bits per heavy atom. The zero-order chi connectivity index (χ0) is 22.9. The first-order valence-electron chi connectivity index (χ1n) is 10.7. The lowest BCUT2D eigenvalue weighted by atomic mass is 10.1. The maximum absolute atomic E-state index is 13.0. The van der Waals surface area contributed by atoms with Crippen LogP contribution in [0.4, 0.5) is 5.69 Å². The molecule has 6 nitrogen and oxygen atoms in total. The van der Waals surface area contributed by atoms with E-state index < -0.39 is 9.84 Å². The Kier molecular flexibility index (Phi) is 6.11. The van der Waals surface area contributed by atoms with E-state index in [9.17, 15) is 13.2 Å². The van der Waals surface area contributed by atoms with Gasteiger partial charge in [0.2, 0.25) is 0 Å². The number of furan rings is 1. The number of sulfone groups is 1. The first-order chi connectivity index (χ1) is 15.2. The van der Waals surface area contributed by atoms with Gasteiger partial charge in [-0.05, 0) is 62.2 Å². The Morgan fingerprint density at radius 2 is 1.81 bits per heavy atom. The molecule has 1 aromatic heterocycles. The van der Waals surface area contributed by atoms with Crippen molar-refractivity contribution < 1.29 is 17.6 Å². The van der Waals surface area contributed by atoms with E-state index in [4.69, 9.17) is 4.42 Å². The van der Waals surface area contributed by atoms with Crippen molar-refractivity contribution in [2.45, 2.75) is 37.5 Å². The number of anilines is 1. The third-order valence-electron chi connectivity index (χ3n) is 5.88. The standard InChI is InChI=1S/C25H28N2O4S/c1-18-7-6-9-21(15-18)27-14-13-26(16-20(27)3)25(28)23-12-11-22(31-23)17-32(29,30)24-10-5-4-8-19(24)2/h4-12,15,20H,13-14,16-17H2,1-3H3/t20-/m1/s1. The molecule has 1 atom stereocenters. The van der Waals surface area contributed by atoms with Crippen LogP contribution in [0, 0.1) is 13.8 Å². The van der Waals surface area contributed by atoms with Crippen molar-refractivity contribution in [3.8, 4) is 0 Å². The first-order valence-corrected chi connectivity index (χ1v) is 12.4. The normalized spacial score (nSPS) is 16.9. The van der Waals surface area contributed by atoms with E-state index in [1.54, 1.807) is 48.2 Å². The smallest absolute Gasteiger partial charge is 0.289 e. The van der Waals surface area contributed by atoms with Gasteiger partial charge in [-0.15, -0.1) is 0 Å². The third-order valence-corrected chi connectivity index (χ3v) is 7.67. The van der Waals surface area contributed by atoms with Crippen LogP contribution < -0.4 is 4.90 Å². The summed E-state index contributed by atoms with van der Waals surface area (Å²) in [6.45, 7) is 7.82. The van der Waals surface area contributed by atoms with Gasteiger partial charge in [-0.25, -0.2) is 8.42 Å². The largest absolute Gasteiger partial charge is 0.455 e. The van der Waals surface area contributed by atoms with Crippen molar-refractivity contribution in [3.63, 3.8) is 0 Å². The fourth-order valence-corrected chi connectivity index (χ4v) is 5.76. The molecule has 1 fully saturated rings. The summed E-state index contributed by atoms with van der Waals surface area (Å²) in [5, 5.41) is 0. The van der Waals surface area contributed by atoms with Crippen LogP contribution in [-0.4, -0.2) is 44.9 Å². The van der Waals surface area contributed by atoms with Crippen LogP contribution in [-0.2, 0) is 15.6 Å². The van der Waals surface area contributed by atoms with Crippen LogP contribution in [0.25, 0.3) is 0 Å². The van der Waals surface area contributed by atoms with Crippen molar-refractivity contribution >= 4 is 21.4 Å².